The molecule has 2 aromatic carbocycles. The second-order valence-corrected chi connectivity index (χ2v) is 8.39. The molecule has 1 heterocycles. The molecule has 0 aromatic heterocycles. The number of nitrogens with zero attached hydrogens (tertiary/aromatic N) is 1. The highest BCUT2D eigenvalue weighted by atomic mass is 32.2. The molecule has 0 saturated carbocycles. The van der Waals surface area contributed by atoms with Crippen molar-refractivity contribution in [2.45, 2.75) is 30.5 Å². The SMILES string of the molecule is NC(=O)c1cc(N2CCCCC2)ccc1NS(=O)(=O)c1ccccc1OC(F)(F)F. The van der Waals surface area contributed by atoms with Crippen molar-refractivity contribution in [3.63, 3.8) is 0 Å². The van der Waals surface area contributed by atoms with Crippen LogP contribution in [-0.4, -0.2) is 33.8 Å². The zero-order valence-electron chi connectivity index (χ0n) is 15.8. The minimum absolute atomic E-state index is 0.0872. The molecule has 0 atom stereocenters. The summed E-state index contributed by atoms with van der Waals surface area (Å²) in [4.78, 5) is 13.3. The van der Waals surface area contributed by atoms with Gasteiger partial charge in [0.25, 0.3) is 15.9 Å². The molecule has 0 radical (unpaired) electrons. The van der Waals surface area contributed by atoms with E-state index >= 15 is 0 Å². The number of benzene rings is 2. The molecule has 162 valence electrons. The average molecular weight is 443 g/mol. The van der Waals surface area contributed by atoms with Gasteiger partial charge in [-0.2, -0.15) is 0 Å². The quantitative estimate of drug-likeness (QED) is 0.712. The second-order valence-electron chi connectivity index (χ2n) is 6.74. The summed E-state index contributed by atoms with van der Waals surface area (Å²) in [7, 11) is -4.51. The van der Waals surface area contributed by atoms with Crippen LogP contribution in [0.5, 0.6) is 5.75 Å². The minimum Gasteiger partial charge on any atom is -0.404 e. The summed E-state index contributed by atoms with van der Waals surface area (Å²) in [6.07, 6.45) is -1.97. The number of para-hydroxylation sites is 1. The first-order valence-electron chi connectivity index (χ1n) is 9.13. The maximum atomic E-state index is 12.7. The predicted octanol–water partition coefficient (Wildman–Crippen LogP) is 3.48. The lowest BCUT2D eigenvalue weighted by molar-refractivity contribution is -0.275. The number of halogens is 3. The van der Waals surface area contributed by atoms with Crippen LogP contribution in [0.1, 0.15) is 29.6 Å². The highest BCUT2D eigenvalue weighted by molar-refractivity contribution is 7.92. The smallest absolute Gasteiger partial charge is 0.404 e. The number of anilines is 2. The number of amides is 1. The molecule has 0 spiro atoms. The monoisotopic (exact) mass is 443 g/mol. The van der Waals surface area contributed by atoms with E-state index in [0.29, 0.717) is 5.69 Å². The van der Waals surface area contributed by atoms with Gasteiger partial charge in [-0.1, -0.05) is 12.1 Å². The number of nitrogens with two attached hydrogens (primary N) is 1. The fraction of sp³-hybridized carbons (Fsp3) is 0.316. The van der Waals surface area contributed by atoms with Crippen LogP contribution in [0.15, 0.2) is 47.4 Å². The highest BCUT2D eigenvalue weighted by Crippen LogP contribution is 2.32. The molecule has 2 aromatic rings. The Labute approximate surface area is 171 Å². The van der Waals surface area contributed by atoms with E-state index < -0.39 is 32.9 Å². The van der Waals surface area contributed by atoms with Crippen LogP contribution >= 0.6 is 0 Å². The lowest BCUT2D eigenvalue weighted by atomic mass is 10.1. The zero-order valence-corrected chi connectivity index (χ0v) is 16.6. The fourth-order valence-electron chi connectivity index (χ4n) is 3.25. The molecule has 1 aliphatic heterocycles. The van der Waals surface area contributed by atoms with E-state index in [9.17, 15) is 26.4 Å². The Morgan fingerprint density at radius 3 is 2.37 bits per heavy atom. The summed E-state index contributed by atoms with van der Waals surface area (Å²) in [5, 5.41) is 0. The highest BCUT2D eigenvalue weighted by Gasteiger charge is 2.34. The number of ether oxygens (including phenoxy) is 1. The Kier molecular flexibility index (Phi) is 6.11. The van der Waals surface area contributed by atoms with Crippen LogP contribution < -0.4 is 20.1 Å². The third-order valence-electron chi connectivity index (χ3n) is 4.60. The van der Waals surface area contributed by atoms with Crippen LogP contribution in [0.3, 0.4) is 0 Å². The molecule has 1 aliphatic rings. The van der Waals surface area contributed by atoms with Gasteiger partial charge in [-0.05, 0) is 49.6 Å². The summed E-state index contributed by atoms with van der Waals surface area (Å²) in [5.74, 6) is -1.76. The number of piperidine rings is 1. The molecule has 30 heavy (non-hydrogen) atoms. The van der Waals surface area contributed by atoms with Gasteiger partial charge >= 0.3 is 6.36 Å². The van der Waals surface area contributed by atoms with Crippen LogP contribution in [0.25, 0.3) is 0 Å². The fourth-order valence-corrected chi connectivity index (χ4v) is 4.46. The first-order valence-corrected chi connectivity index (χ1v) is 10.6. The van der Waals surface area contributed by atoms with Gasteiger partial charge < -0.3 is 15.4 Å². The first-order chi connectivity index (χ1) is 14.1. The van der Waals surface area contributed by atoms with E-state index in [0.717, 1.165) is 44.5 Å². The number of alkyl halides is 3. The van der Waals surface area contributed by atoms with Crippen molar-refractivity contribution in [2.24, 2.45) is 5.73 Å². The van der Waals surface area contributed by atoms with Gasteiger partial charge in [-0.25, -0.2) is 8.42 Å². The molecule has 0 aliphatic carbocycles. The normalized spacial score (nSPS) is 15.0. The maximum Gasteiger partial charge on any atom is 0.573 e. The summed E-state index contributed by atoms with van der Waals surface area (Å²) in [6, 6.07) is 8.80. The Hall–Kier alpha value is -2.95. The van der Waals surface area contributed by atoms with Crippen LogP contribution in [0.2, 0.25) is 0 Å². The van der Waals surface area contributed by atoms with Crippen LogP contribution in [0, 0.1) is 0 Å². The van der Waals surface area contributed by atoms with Gasteiger partial charge in [0, 0.05) is 18.8 Å². The summed E-state index contributed by atoms with van der Waals surface area (Å²) < 4.78 is 69.3. The van der Waals surface area contributed by atoms with Gasteiger partial charge in [-0.3, -0.25) is 9.52 Å². The van der Waals surface area contributed by atoms with Crippen molar-refractivity contribution in [3.8, 4) is 5.75 Å². The largest absolute Gasteiger partial charge is 0.573 e. The number of carbonyl (C=O) groups excluding carboxylic acids is 1. The van der Waals surface area contributed by atoms with Crippen molar-refractivity contribution >= 4 is 27.3 Å². The van der Waals surface area contributed by atoms with Gasteiger partial charge in [0.2, 0.25) is 0 Å². The standard InChI is InChI=1S/C19H20F3N3O4S/c20-19(21,22)29-16-6-2-3-7-17(16)30(27,28)24-15-9-8-13(12-14(15)18(23)26)25-10-4-1-5-11-25/h2-3,6-9,12,24H,1,4-5,10-11H2,(H2,23,26). The molecule has 0 bridgehead atoms. The van der Waals surface area contributed by atoms with Gasteiger partial charge in [0.05, 0.1) is 11.3 Å². The Morgan fingerprint density at radius 1 is 1.07 bits per heavy atom. The Morgan fingerprint density at radius 2 is 1.73 bits per heavy atom. The molecule has 1 amide bonds. The third kappa shape index (κ3) is 5.15. The molecule has 7 nitrogen and oxygen atoms in total. The zero-order chi connectivity index (χ0) is 21.9. The number of nitrogens with one attached hydrogen (secondary N) is 1. The van der Waals surface area contributed by atoms with E-state index in [1.807, 2.05) is 0 Å². The van der Waals surface area contributed by atoms with Crippen molar-refractivity contribution in [3.05, 3.63) is 48.0 Å². The predicted molar refractivity (Wildman–Crippen MR) is 105 cm³/mol. The van der Waals surface area contributed by atoms with Gasteiger partial charge in [0.1, 0.15) is 10.6 Å². The maximum absolute atomic E-state index is 12.7. The summed E-state index contributed by atoms with van der Waals surface area (Å²) in [6.45, 7) is 1.59. The molecular weight excluding hydrogens is 423 g/mol. The summed E-state index contributed by atoms with van der Waals surface area (Å²) in [5.41, 5.74) is 5.91. The van der Waals surface area contributed by atoms with Crippen molar-refractivity contribution in [1.82, 2.24) is 0 Å². The average Bonchev–Trinajstić information content (AvgIpc) is 2.67. The lowest BCUT2D eigenvalue weighted by Crippen LogP contribution is -2.30. The summed E-state index contributed by atoms with van der Waals surface area (Å²) >= 11 is 0. The van der Waals surface area contributed by atoms with Gasteiger partial charge in [-0.15, -0.1) is 13.2 Å². The minimum atomic E-state index is -5.07. The van der Waals surface area contributed by atoms with Crippen LogP contribution in [0.4, 0.5) is 24.5 Å². The van der Waals surface area contributed by atoms with E-state index in [1.54, 1.807) is 6.07 Å². The lowest BCUT2D eigenvalue weighted by Gasteiger charge is -2.29. The second kappa shape index (κ2) is 8.42. The Bertz CT molecular complexity index is 1040. The number of hydrogen-bond donors (Lipinski definition) is 2. The topological polar surface area (TPSA) is 102 Å². The van der Waals surface area contributed by atoms with Gasteiger partial charge in [0.15, 0.2) is 0 Å². The molecule has 0 unspecified atom stereocenters. The van der Waals surface area contributed by atoms with Crippen molar-refractivity contribution < 1.29 is 31.1 Å². The third-order valence-corrected chi connectivity index (χ3v) is 6.00. The molecule has 3 N–H and O–H groups in total. The van der Waals surface area contributed by atoms with E-state index in [1.165, 1.54) is 24.3 Å². The molecule has 1 fully saturated rings. The molecular formula is C19H20F3N3O4S. The molecule has 3 rings (SSSR count). The number of rotatable bonds is 6. The van der Waals surface area contributed by atoms with Crippen molar-refractivity contribution in [2.75, 3.05) is 22.7 Å². The van der Waals surface area contributed by atoms with E-state index in [-0.39, 0.29) is 11.3 Å². The first kappa shape index (κ1) is 21.8. The van der Waals surface area contributed by atoms with Crippen LogP contribution in [-0.2, 0) is 10.0 Å². The molecule has 11 heteroatoms. The number of primary amides is 1. The van der Waals surface area contributed by atoms with E-state index in [4.69, 9.17) is 5.73 Å². The Balaban J connectivity index is 1.94. The number of hydrogen-bond acceptors (Lipinski definition) is 5. The number of carbonyl (C=O) groups is 1. The van der Waals surface area contributed by atoms with Crippen molar-refractivity contribution in [1.29, 1.82) is 0 Å². The van der Waals surface area contributed by atoms with E-state index in [2.05, 4.69) is 14.4 Å². The number of sulfonamides is 1. The molecule has 1 saturated heterocycles.